The zero-order valence-electron chi connectivity index (χ0n) is 10.8. The Morgan fingerprint density at radius 1 is 1.50 bits per heavy atom. The van der Waals surface area contributed by atoms with Crippen molar-refractivity contribution in [3.05, 3.63) is 36.0 Å². The molecule has 0 fully saturated rings. The number of rotatable bonds is 4. The standard InChI is InChI=1S/C15H22O/c1-5-8-12-10-7-11-15(3,4)14(12)13(16)9-6-2/h6-7,9-11,14H,5,8H2,1-4H3. The summed E-state index contributed by atoms with van der Waals surface area (Å²) in [6.07, 6.45) is 12.0. The van der Waals surface area contributed by atoms with Crippen LogP contribution in [0.2, 0.25) is 0 Å². The second-order valence-corrected chi connectivity index (χ2v) is 5.01. The number of allylic oxidation sites excluding steroid dienone is 6. The number of hydrogen-bond acceptors (Lipinski definition) is 1. The van der Waals surface area contributed by atoms with Crippen LogP contribution < -0.4 is 0 Å². The van der Waals surface area contributed by atoms with Gasteiger partial charge in [0.05, 0.1) is 5.92 Å². The lowest BCUT2D eigenvalue weighted by atomic mass is 9.69. The molecule has 1 aliphatic carbocycles. The van der Waals surface area contributed by atoms with Crippen LogP contribution in [0, 0.1) is 11.3 Å². The maximum atomic E-state index is 12.1. The van der Waals surface area contributed by atoms with Gasteiger partial charge in [0.25, 0.3) is 0 Å². The molecule has 0 N–H and O–H groups in total. The summed E-state index contributed by atoms with van der Waals surface area (Å²) in [7, 11) is 0. The molecule has 0 spiro atoms. The molecule has 1 atom stereocenters. The Bertz CT molecular complexity index is 342. The van der Waals surface area contributed by atoms with Crippen molar-refractivity contribution >= 4 is 5.78 Å². The van der Waals surface area contributed by atoms with E-state index in [1.807, 2.05) is 13.0 Å². The highest BCUT2D eigenvalue weighted by Gasteiger charge is 2.35. The predicted octanol–water partition coefficient (Wildman–Crippen LogP) is 4.07. The van der Waals surface area contributed by atoms with Gasteiger partial charge in [-0.25, -0.2) is 0 Å². The van der Waals surface area contributed by atoms with Gasteiger partial charge in [0, 0.05) is 0 Å². The van der Waals surface area contributed by atoms with Gasteiger partial charge in [-0.05, 0) is 24.8 Å². The molecule has 1 heteroatoms. The highest BCUT2D eigenvalue weighted by Crippen LogP contribution is 2.39. The summed E-state index contributed by atoms with van der Waals surface area (Å²) in [5.74, 6) is 0.255. The Balaban J connectivity index is 3.02. The third kappa shape index (κ3) is 2.72. The second-order valence-electron chi connectivity index (χ2n) is 5.01. The summed E-state index contributed by atoms with van der Waals surface area (Å²) >= 11 is 0. The number of ketones is 1. The van der Waals surface area contributed by atoms with Crippen molar-refractivity contribution in [1.82, 2.24) is 0 Å². The minimum Gasteiger partial charge on any atom is -0.294 e. The minimum absolute atomic E-state index is 0.0219. The Kier molecular flexibility index (Phi) is 4.28. The molecule has 0 saturated carbocycles. The van der Waals surface area contributed by atoms with Crippen molar-refractivity contribution < 1.29 is 4.79 Å². The van der Waals surface area contributed by atoms with Crippen LogP contribution in [0.5, 0.6) is 0 Å². The molecule has 88 valence electrons. The molecule has 0 amide bonds. The van der Waals surface area contributed by atoms with E-state index in [1.165, 1.54) is 5.57 Å². The van der Waals surface area contributed by atoms with Gasteiger partial charge in [0.2, 0.25) is 0 Å². The van der Waals surface area contributed by atoms with E-state index in [2.05, 4.69) is 39.0 Å². The fourth-order valence-electron chi connectivity index (χ4n) is 2.42. The molecule has 1 unspecified atom stereocenters. The molecule has 16 heavy (non-hydrogen) atoms. The molecule has 0 aromatic carbocycles. The third-order valence-electron chi connectivity index (χ3n) is 3.11. The second kappa shape index (κ2) is 5.29. The fourth-order valence-corrected chi connectivity index (χ4v) is 2.42. The molecule has 0 radical (unpaired) electrons. The van der Waals surface area contributed by atoms with Crippen LogP contribution in [0.3, 0.4) is 0 Å². The lowest BCUT2D eigenvalue weighted by Gasteiger charge is -2.34. The van der Waals surface area contributed by atoms with E-state index < -0.39 is 0 Å². The van der Waals surface area contributed by atoms with E-state index in [4.69, 9.17) is 0 Å². The van der Waals surface area contributed by atoms with Gasteiger partial charge in [-0.1, -0.05) is 57.1 Å². The van der Waals surface area contributed by atoms with E-state index in [9.17, 15) is 4.79 Å². The lowest BCUT2D eigenvalue weighted by molar-refractivity contribution is -0.119. The molecule has 0 bridgehead atoms. The summed E-state index contributed by atoms with van der Waals surface area (Å²) in [6, 6.07) is 0. The molecule has 1 nitrogen and oxygen atoms in total. The first-order chi connectivity index (χ1) is 7.53. The Hall–Kier alpha value is -1.11. The van der Waals surface area contributed by atoms with Gasteiger partial charge in [0.15, 0.2) is 5.78 Å². The van der Waals surface area contributed by atoms with E-state index in [0.29, 0.717) is 0 Å². The molecule has 0 heterocycles. The van der Waals surface area contributed by atoms with Crippen LogP contribution in [0.15, 0.2) is 36.0 Å². The molecule has 1 aliphatic rings. The van der Waals surface area contributed by atoms with Crippen LogP contribution in [0.4, 0.5) is 0 Å². The van der Waals surface area contributed by atoms with Crippen LogP contribution in [0.25, 0.3) is 0 Å². The van der Waals surface area contributed by atoms with Gasteiger partial charge in [-0.2, -0.15) is 0 Å². The average molecular weight is 218 g/mol. The normalized spacial score (nSPS) is 23.5. The highest BCUT2D eigenvalue weighted by atomic mass is 16.1. The number of carbonyl (C=O) groups is 1. The van der Waals surface area contributed by atoms with Gasteiger partial charge >= 0.3 is 0 Å². The summed E-state index contributed by atoms with van der Waals surface area (Å²) < 4.78 is 0. The van der Waals surface area contributed by atoms with E-state index in [0.717, 1.165) is 12.8 Å². The highest BCUT2D eigenvalue weighted by molar-refractivity contribution is 5.94. The summed E-state index contributed by atoms with van der Waals surface area (Å²) in [4.78, 5) is 12.1. The zero-order valence-corrected chi connectivity index (χ0v) is 10.8. The molecule has 0 aromatic rings. The van der Waals surface area contributed by atoms with Gasteiger partial charge in [-0.15, -0.1) is 0 Å². The first-order valence-corrected chi connectivity index (χ1v) is 6.07. The molecule has 0 saturated heterocycles. The maximum absolute atomic E-state index is 12.1. The SMILES string of the molecule is CC=CC(=O)C1C(CCC)=CC=CC1(C)C. The largest absolute Gasteiger partial charge is 0.294 e. The van der Waals surface area contributed by atoms with Crippen molar-refractivity contribution in [2.75, 3.05) is 0 Å². The Morgan fingerprint density at radius 2 is 2.19 bits per heavy atom. The first-order valence-electron chi connectivity index (χ1n) is 6.07. The van der Waals surface area contributed by atoms with Crippen molar-refractivity contribution in [1.29, 1.82) is 0 Å². The van der Waals surface area contributed by atoms with Crippen LogP contribution in [0.1, 0.15) is 40.5 Å². The number of carbonyl (C=O) groups excluding carboxylic acids is 1. The molecule has 0 aliphatic heterocycles. The third-order valence-corrected chi connectivity index (χ3v) is 3.11. The fraction of sp³-hybridized carbons (Fsp3) is 0.533. The topological polar surface area (TPSA) is 17.1 Å². The Morgan fingerprint density at radius 3 is 2.75 bits per heavy atom. The smallest absolute Gasteiger partial charge is 0.163 e. The van der Waals surface area contributed by atoms with E-state index in [-0.39, 0.29) is 17.1 Å². The van der Waals surface area contributed by atoms with Crippen molar-refractivity contribution in [2.45, 2.75) is 40.5 Å². The molecular weight excluding hydrogens is 196 g/mol. The van der Waals surface area contributed by atoms with Crippen molar-refractivity contribution in [3.8, 4) is 0 Å². The van der Waals surface area contributed by atoms with E-state index in [1.54, 1.807) is 6.08 Å². The zero-order chi connectivity index (χ0) is 12.2. The predicted molar refractivity (Wildman–Crippen MR) is 69.2 cm³/mol. The van der Waals surface area contributed by atoms with Crippen molar-refractivity contribution in [2.24, 2.45) is 11.3 Å². The quantitative estimate of drug-likeness (QED) is 0.650. The first kappa shape index (κ1) is 13.0. The van der Waals surface area contributed by atoms with Gasteiger partial charge < -0.3 is 0 Å². The summed E-state index contributed by atoms with van der Waals surface area (Å²) in [5, 5.41) is 0. The van der Waals surface area contributed by atoms with Crippen molar-refractivity contribution in [3.63, 3.8) is 0 Å². The van der Waals surface area contributed by atoms with Crippen LogP contribution >= 0.6 is 0 Å². The molecular formula is C15H22O. The maximum Gasteiger partial charge on any atom is 0.163 e. The summed E-state index contributed by atoms with van der Waals surface area (Å²) in [6.45, 7) is 8.33. The molecule has 0 aromatic heterocycles. The van der Waals surface area contributed by atoms with Gasteiger partial charge in [0.1, 0.15) is 0 Å². The molecule has 1 rings (SSSR count). The van der Waals surface area contributed by atoms with Crippen LogP contribution in [-0.4, -0.2) is 5.78 Å². The average Bonchev–Trinajstić information content (AvgIpc) is 2.17. The van der Waals surface area contributed by atoms with Crippen LogP contribution in [-0.2, 0) is 4.79 Å². The van der Waals surface area contributed by atoms with E-state index >= 15 is 0 Å². The number of hydrogen-bond donors (Lipinski definition) is 0. The summed E-state index contributed by atoms with van der Waals surface area (Å²) in [5.41, 5.74) is 1.22. The van der Waals surface area contributed by atoms with Gasteiger partial charge in [-0.3, -0.25) is 4.79 Å². The lowest BCUT2D eigenvalue weighted by Crippen LogP contribution is -2.31. The minimum atomic E-state index is -0.0597. The Labute approximate surface area is 98.9 Å². The monoisotopic (exact) mass is 218 g/mol.